The van der Waals surface area contributed by atoms with E-state index in [0.29, 0.717) is 0 Å². The number of hydrogen-bond donors (Lipinski definition) is 0. The highest BCUT2D eigenvalue weighted by atomic mass is 16.5. The molecule has 0 atom stereocenters. The van der Waals surface area contributed by atoms with Gasteiger partial charge in [-0.05, 0) is 6.07 Å². The molecule has 3 nitrogen and oxygen atoms in total. The van der Waals surface area contributed by atoms with E-state index in [2.05, 4.69) is 6.07 Å². The molecule has 2 aromatic rings. The van der Waals surface area contributed by atoms with Crippen LogP contribution < -0.4 is 0 Å². The van der Waals surface area contributed by atoms with E-state index < -0.39 is 5.54 Å². The Morgan fingerprint density at radius 1 is 1.24 bits per heavy atom. The van der Waals surface area contributed by atoms with E-state index in [1.54, 1.807) is 6.21 Å². The average Bonchev–Trinajstić information content (AvgIpc) is 2.56. The summed E-state index contributed by atoms with van der Waals surface area (Å²) in [5.74, 6) is 0. The number of aryl methyl sites for hydroxylation is 1. The minimum absolute atomic E-state index is 0.406. The zero-order chi connectivity index (χ0) is 12.6. The van der Waals surface area contributed by atoms with Crippen LogP contribution in [-0.4, -0.2) is 21.1 Å². The predicted molar refractivity (Wildman–Crippen MR) is 71.5 cm³/mol. The van der Waals surface area contributed by atoms with Gasteiger partial charge in [-0.2, -0.15) is 0 Å². The van der Waals surface area contributed by atoms with Gasteiger partial charge in [0, 0.05) is 44.9 Å². The summed E-state index contributed by atoms with van der Waals surface area (Å²) >= 11 is 0. The molecule has 0 spiro atoms. The summed E-state index contributed by atoms with van der Waals surface area (Å²) in [7, 11) is 1.99. The molecule has 0 N–H and O–H groups in total. The van der Waals surface area contributed by atoms with E-state index in [1.807, 2.05) is 56.8 Å². The summed E-state index contributed by atoms with van der Waals surface area (Å²) in [5, 5.41) is 13.0. The van der Waals surface area contributed by atoms with Crippen molar-refractivity contribution >= 4 is 17.1 Å². The van der Waals surface area contributed by atoms with Crippen LogP contribution in [0.25, 0.3) is 10.9 Å². The third-order valence-corrected chi connectivity index (χ3v) is 2.85. The van der Waals surface area contributed by atoms with E-state index in [0.717, 1.165) is 21.2 Å². The Hall–Kier alpha value is -1.77. The first-order valence-corrected chi connectivity index (χ1v) is 5.75. The van der Waals surface area contributed by atoms with Crippen LogP contribution in [-0.2, 0) is 7.05 Å². The second-order valence-corrected chi connectivity index (χ2v) is 5.34. The second-order valence-electron chi connectivity index (χ2n) is 5.34. The summed E-state index contributed by atoms with van der Waals surface area (Å²) < 4.78 is 3.05. The lowest BCUT2D eigenvalue weighted by molar-refractivity contribution is -0.530. The Kier molecular flexibility index (Phi) is 2.69. The zero-order valence-electron chi connectivity index (χ0n) is 10.8. The fourth-order valence-electron chi connectivity index (χ4n) is 1.80. The summed E-state index contributed by atoms with van der Waals surface area (Å²) in [5.41, 5.74) is 1.70. The predicted octanol–water partition coefficient (Wildman–Crippen LogP) is 2.91. The van der Waals surface area contributed by atoms with E-state index in [-0.39, 0.29) is 0 Å². The van der Waals surface area contributed by atoms with Gasteiger partial charge in [0.15, 0.2) is 11.8 Å². The normalized spacial score (nSPS) is 13.3. The second kappa shape index (κ2) is 3.91. The SMILES string of the molecule is Cn1cc(C=[N+]([O-])C(C)(C)C)c2ccccc21. The molecular weight excluding hydrogens is 212 g/mol. The van der Waals surface area contributed by atoms with E-state index >= 15 is 0 Å². The molecule has 2 rings (SSSR count). The molecule has 0 aliphatic rings. The maximum Gasteiger partial charge on any atom is 0.184 e. The minimum atomic E-state index is -0.406. The number of aromatic nitrogens is 1. The van der Waals surface area contributed by atoms with Crippen LogP contribution >= 0.6 is 0 Å². The first-order valence-electron chi connectivity index (χ1n) is 5.75. The van der Waals surface area contributed by atoms with Crippen LogP contribution in [0.1, 0.15) is 26.3 Å². The number of fused-ring (bicyclic) bond motifs is 1. The molecule has 0 aliphatic heterocycles. The zero-order valence-corrected chi connectivity index (χ0v) is 10.8. The van der Waals surface area contributed by atoms with Crippen molar-refractivity contribution in [3.63, 3.8) is 0 Å². The van der Waals surface area contributed by atoms with Crippen molar-refractivity contribution < 1.29 is 4.74 Å². The van der Waals surface area contributed by atoms with Crippen LogP contribution in [0.5, 0.6) is 0 Å². The summed E-state index contributed by atoms with van der Waals surface area (Å²) in [4.78, 5) is 0. The molecule has 0 unspecified atom stereocenters. The Morgan fingerprint density at radius 3 is 2.53 bits per heavy atom. The average molecular weight is 230 g/mol. The summed E-state index contributed by atoms with van der Waals surface area (Å²) in [6.45, 7) is 5.71. The quantitative estimate of drug-likeness (QED) is 0.321. The molecule has 90 valence electrons. The van der Waals surface area contributed by atoms with Crippen molar-refractivity contribution in [2.45, 2.75) is 26.3 Å². The Labute approximate surface area is 102 Å². The topological polar surface area (TPSA) is 31.0 Å². The lowest BCUT2D eigenvalue weighted by atomic mass is 10.1. The molecule has 1 heterocycles. The van der Waals surface area contributed by atoms with Crippen molar-refractivity contribution in [1.82, 2.24) is 4.57 Å². The van der Waals surface area contributed by atoms with Crippen molar-refractivity contribution in [1.29, 1.82) is 0 Å². The van der Waals surface area contributed by atoms with Gasteiger partial charge in [0.2, 0.25) is 0 Å². The third-order valence-electron chi connectivity index (χ3n) is 2.85. The first-order chi connectivity index (χ1) is 7.89. The van der Waals surface area contributed by atoms with Crippen LogP contribution in [0, 0.1) is 5.21 Å². The third kappa shape index (κ3) is 2.18. The monoisotopic (exact) mass is 230 g/mol. The molecule has 0 aliphatic carbocycles. The summed E-state index contributed by atoms with van der Waals surface area (Å²) in [6, 6.07) is 8.09. The lowest BCUT2D eigenvalue weighted by Crippen LogP contribution is -2.29. The first kappa shape index (κ1) is 11.7. The van der Waals surface area contributed by atoms with E-state index in [1.165, 1.54) is 0 Å². The van der Waals surface area contributed by atoms with E-state index in [4.69, 9.17) is 0 Å². The number of hydroxylamine groups is 1. The highest BCUT2D eigenvalue weighted by Gasteiger charge is 2.19. The van der Waals surface area contributed by atoms with Gasteiger partial charge in [0.25, 0.3) is 0 Å². The molecule has 0 saturated heterocycles. The van der Waals surface area contributed by atoms with Crippen LogP contribution in [0.15, 0.2) is 30.5 Å². The van der Waals surface area contributed by atoms with Gasteiger partial charge in [-0.3, -0.25) is 0 Å². The van der Waals surface area contributed by atoms with Gasteiger partial charge in [-0.25, -0.2) is 4.74 Å². The molecule has 3 heteroatoms. The number of para-hydroxylation sites is 1. The van der Waals surface area contributed by atoms with Crippen molar-refractivity contribution in [3.8, 4) is 0 Å². The Balaban J connectivity index is 2.58. The molecule has 17 heavy (non-hydrogen) atoms. The lowest BCUT2D eigenvalue weighted by Gasteiger charge is -2.18. The minimum Gasteiger partial charge on any atom is -0.623 e. The summed E-state index contributed by atoms with van der Waals surface area (Å²) in [6.07, 6.45) is 3.66. The number of hydrogen-bond acceptors (Lipinski definition) is 1. The van der Waals surface area contributed by atoms with Gasteiger partial charge < -0.3 is 9.77 Å². The Bertz CT molecular complexity index is 573. The smallest absolute Gasteiger partial charge is 0.184 e. The number of benzene rings is 1. The van der Waals surface area contributed by atoms with Crippen molar-refractivity contribution in [2.24, 2.45) is 7.05 Å². The molecule has 0 bridgehead atoms. The standard InChI is InChI=1S/C14H18N2O/c1-14(2,3)16(17)10-11-9-15(4)13-8-6-5-7-12(11)13/h5-10H,1-4H3. The van der Waals surface area contributed by atoms with Gasteiger partial charge in [0.05, 0.1) is 5.56 Å². The molecule has 0 fully saturated rings. The van der Waals surface area contributed by atoms with Gasteiger partial charge in [0.1, 0.15) is 0 Å². The molecule has 1 aromatic carbocycles. The van der Waals surface area contributed by atoms with Crippen molar-refractivity contribution in [3.05, 3.63) is 41.2 Å². The fraction of sp³-hybridized carbons (Fsp3) is 0.357. The molecule has 1 aromatic heterocycles. The highest BCUT2D eigenvalue weighted by molar-refractivity contribution is 5.97. The maximum absolute atomic E-state index is 11.9. The van der Waals surface area contributed by atoms with Gasteiger partial charge in [-0.15, -0.1) is 0 Å². The number of rotatable bonds is 1. The van der Waals surface area contributed by atoms with Crippen LogP contribution in [0.3, 0.4) is 0 Å². The highest BCUT2D eigenvalue weighted by Crippen LogP contribution is 2.19. The number of nitrogens with zero attached hydrogens (tertiary/aromatic N) is 2. The van der Waals surface area contributed by atoms with Crippen molar-refractivity contribution in [2.75, 3.05) is 0 Å². The molecule has 0 radical (unpaired) electrons. The van der Waals surface area contributed by atoms with Crippen LogP contribution in [0.4, 0.5) is 0 Å². The van der Waals surface area contributed by atoms with Gasteiger partial charge >= 0.3 is 0 Å². The fourth-order valence-corrected chi connectivity index (χ4v) is 1.80. The molecule has 0 amide bonds. The maximum atomic E-state index is 11.9. The van der Waals surface area contributed by atoms with Gasteiger partial charge in [-0.1, -0.05) is 18.2 Å². The largest absolute Gasteiger partial charge is 0.623 e. The van der Waals surface area contributed by atoms with Crippen LogP contribution in [0.2, 0.25) is 0 Å². The molecule has 0 saturated carbocycles. The van der Waals surface area contributed by atoms with E-state index in [9.17, 15) is 5.21 Å². The Morgan fingerprint density at radius 2 is 1.88 bits per heavy atom. The molecular formula is C14H18N2O.